The average Bonchev–Trinajstić information content (AvgIpc) is 2.88. The van der Waals surface area contributed by atoms with Gasteiger partial charge in [0.25, 0.3) is 0 Å². The molecule has 1 fully saturated rings. The molecule has 0 radical (unpaired) electrons. The van der Waals surface area contributed by atoms with Crippen molar-refractivity contribution in [3.05, 3.63) is 35.9 Å². The zero-order valence-electron chi connectivity index (χ0n) is 7.01. The summed E-state index contributed by atoms with van der Waals surface area (Å²) in [6.45, 7) is 0. The molecule has 0 heterocycles. The molecule has 72 valence electrons. The molecule has 0 bridgehead atoms. The second-order valence-corrected chi connectivity index (χ2v) is 3.12. The van der Waals surface area contributed by atoms with E-state index in [4.69, 9.17) is 8.42 Å². The minimum atomic E-state index is -1.08. The third-order valence-electron chi connectivity index (χ3n) is 2.03. The van der Waals surface area contributed by atoms with Gasteiger partial charge < -0.3 is 13.5 Å². The highest BCUT2D eigenvalue weighted by Crippen LogP contribution is 2.44. The van der Waals surface area contributed by atoms with Gasteiger partial charge in [0, 0.05) is 0 Å². The van der Waals surface area contributed by atoms with Crippen molar-refractivity contribution in [2.75, 3.05) is 0 Å². The van der Waals surface area contributed by atoms with Gasteiger partial charge in [0.1, 0.15) is 0 Å². The third-order valence-corrected chi connectivity index (χ3v) is 2.03. The predicted octanol–water partition coefficient (Wildman–Crippen LogP) is 1.16. The molecule has 0 spiro atoms. The molecular weight excluding hydrogens is 188 g/mol. The fourth-order valence-electron chi connectivity index (χ4n) is 1.16. The van der Waals surface area contributed by atoms with E-state index in [0.717, 1.165) is 18.4 Å². The minimum absolute atomic E-state index is 0.457. The van der Waals surface area contributed by atoms with Crippen LogP contribution in [0.5, 0.6) is 0 Å². The van der Waals surface area contributed by atoms with Crippen LogP contribution in [0.15, 0.2) is 30.3 Å². The van der Waals surface area contributed by atoms with Crippen molar-refractivity contribution >= 4 is 11.6 Å². The Kier molecular flexibility index (Phi) is 3.45. The predicted molar refractivity (Wildman–Crippen MR) is 49.7 cm³/mol. The Morgan fingerprint density at radius 2 is 1.62 bits per heavy atom. The summed E-state index contributed by atoms with van der Waals surface area (Å²) < 4.78 is 16.7. The SMILES string of the molecule is O=[SH-]=O.OC1(c2ccccc2)CC1. The molecule has 0 amide bonds. The Morgan fingerprint density at radius 1 is 1.15 bits per heavy atom. The number of rotatable bonds is 1. The van der Waals surface area contributed by atoms with Crippen LogP contribution in [-0.2, 0) is 25.6 Å². The largest absolute Gasteiger partial charge is 0.427 e. The molecule has 1 aliphatic rings. The zero-order valence-corrected chi connectivity index (χ0v) is 7.91. The van der Waals surface area contributed by atoms with E-state index in [1.54, 1.807) is 0 Å². The highest BCUT2D eigenvalue weighted by atomic mass is 32.1. The number of thiol groups is 1. The van der Waals surface area contributed by atoms with Crippen molar-refractivity contribution < 1.29 is 13.5 Å². The van der Waals surface area contributed by atoms with Crippen LogP contribution in [-0.4, -0.2) is 5.11 Å². The Labute approximate surface area is 80.0 Å². The van der Waals surface area contributed by atoms with E-state index in [-0.39, 0.29) is 0 Å². The fraction of sp³-hybridized carbons (Fsp3) is 0.333. The fourth-order valence-corrected chi connectivity index (χ4v) is 1.16. The van der Waals surface area contributed by atoms with Gasteiger partial charge >= 0.3 is 0 Å². The summed E-state index contributed by atoms with van der Waals surface area (Å²) in [6.07, 6.45) is 1.86. The van der Waals surface area contributed by atoms with Gasteiger partial charge in [0.05, 0.1) is 5.60 Å². The second kappa shape index (κ2) is 4.39. The molecule has 0 aromatic heterocycles. The average molecular weight is 199 g/mol. The maximum Gasteiger partial charge on any atom is 0.0899 e. The summed E-state index contributed by atoms with van der Waals surface area (Å²) in [4.78, 5) is 0. The van der Waals surface area contributed by atoms with E-state index in [2.05, 4.69) is 0 Å². The van der Waals surface area contributed by atoms with Crippen LogP contribution in [0, 0.1) is 0 Å². The van der Waals surface area contributed by atoms with E-state index in [1.165, 1.54) is 0 Å². The standard InChI is InChI=1S/C9H10O.HO2S/c10-9(6-7-9)8-4-2-1-3-5-8;1-3-2/h1-5,10H,6-7H2;3H/q;-1. The Hall–Kier alpha value is -0.870. The van der Waals surface area contributed by atoms with Crippen molar-refractivity contribution in [3.8, 4) is 0 Å². The van der Waals surface area contributed by atoms with Crippen LogP contribution in [0.25, 0.3) is 0 Å². The summed E-state index contributed by atoms with van der Waals surface area (Å²) in [6, 6.07) is 9.85. The van der Waals surface area contributed by atoms with Gasteiger partial charge in [-0.25, -0.2) is 0 Å². The molecule has 1 N–H and O–H groups in total. The van der Waals surface area contributed by atoms with Crippen molar-refractivity contribution in [1.29, 1.82) is 0 Å². The highest BCUT2D eigenvalue weighted by molar-refractivity contribution is 7.51. The quantitative estimate of drug-likeness (QED) is 0.545. The lowest BCUT2D eigenvalue weighted by molar-refractivity contribution is 0.151. The molecule has 1 aromatic rings. The maximum absolute atomic E-state index is 9.60. The first-order valence-electron chi connectivity index (χ1n) is 3.96. The second-order valence-electron chi connectivity index (χ2n) is 2.97. The topological polar surface area (TPSA) is 54.4 Å². The van der Waals surface area contributed by atoms with Gasteiger partial charge in [-0.05, 0) is 18.4 Å². The van der Waals surface area contributed by atoms with Crippen molar-refractivity contribution in [1.82, 2.24) is 0 Å². The summed E-state index contributed by atoms with van der Waals surface area (Å²) in [5.74, 6) is 0. The Morgan fingerprint density at radius 3 is 2.00 bits per heavy atom. The normalized spacial score (nSPS) is 17.0. The van der Waals surface area contributed by atoms with Gasteiger partial charge in [-0.3, -0.25) is 0 Å². The van der Waals surface area contributed by atoms with Crippen LogP contribution in [0.3, 0.4) is 0 Å². The zero-order chi connectivity index (χ0) is 9.73. The smallest absolute Gasteiger partial charge is 0.0899 e. The number of hydrogen-bond donors (Lipinski definition) is 1. The van der Waals surface area contributed by atoms with Crippen molar-refractivity contribution in [2.45, 2.75) is 18.4 Å². The third kappa shape index (κ3) is 2.82. The number of benzene rings is 1. The van der Waals surface area contributed by atoms with Crippen LogP contribution in [0.2, 0.25) is 0 Å². The first-order valence-corrected chi connectivity index (χ1v) is 4.69. The number of aliphatic hydroxyl groups is 1. The molecule has 1 aromatic carbocycles. The van der Waals surface area contributed by atoms with Gasteiger partial charge in [-0.15, -0.1) is 0 Å². The van der Waals surface area contributed by atoms with Crippen LogP contribution in [0.1, 0.15) is 18.4 Å². The minimum Gasteiger partial charge on any atom is -0.427 e. The van der Waals surface area contributed by atoms with Crippen LogP contribution < -0.4 is 0 Å². The molecule has 1 aliphatic carbocycles. The van der Waals surface area contributed by atoms with Crippen molar-refractivity contribution in [3.63, 3.8) is 0 Å². The van der Waals surface area contributed by atoms with Gasteiger partial charge in [0.15, 0.2) is 0 Å². The first kappa shape index (κ1) is 10.2. The van der Waals surface area contributed by atoms with Crippen LogP contribution in [0.4, 0.5) is 0 Å². The number of hydrogen-bond acceptors (Lipinski definition) is 4. The summed E-state index contributed by atoms with van der Waals surface area (Å²) >= 11 is -1.08. The molecule has 4 heteroatoms. The van der Waals surface area contributed by atoms with E-state index in [1.807, 2.05) is 30.3 Å². The van der Waals surface area contributed by atoms with E-state index in [0.29, 0.717) is 0 Å². The maximum atomic E-state index is 9.60. The summed E-state index contributed by atoms with van der Waals surface area (Å²) in [7, 11) is 0. The van der Waals surface area contributed by atoms with Gasteiger partial charge in [-0.1, -0.05) is 41.9 Å². The summed E-state index contributed by atoms with van der Waals surface area (Å²) in [5, 5.41) is 9.60. The lowest BCUT2D eigenvalue weighted by Crippen LogP contribution is -2.02. The molecule has 0 atom stereocenters. The monoisotopic (exact) mass is 199 g/mol. The van der Waals surface area contributed by atoms with Crippen LogP contribution >= 0.6 is 0 Å². The Balaban J connectivity index is 0.000000251. The van der Waals surface area contributed by atoms with Crippen molar-refractivity contribution in [2.24, 2.45) is 0 Å². The first-order chi connectivity index (χ1) is 6.23. The Bertz CT molecular complexity index is 300. The lowest BCUT2D eigenvalue weighted by Gasteiger charge is -2.05. The molecule has 1 saturated carbocycles. The molecule has 3 nitrogen and oxygen atoms in total. The van der Waals surface area contributed by atoms with Gasteiger partial charge in [0.2, 0.25) is 0 Å². The van der Waals surface area contributed by atoms with E-state index >= 15 is 0 Å². The molecule has 13 heavy (non-hydrogen) atoms. The molecule has 2 rings (SSSR count). The molecule has 0 unspecified atom stereocenters. The highest BCUT2D eigenvalue weighted by Gasteiger charge is 2.41. The summed E-state index contributed by atoms with van der Waals surface area (Å²) in [5.41, 5.74) is 0.608. The van der Waals surface area contributed by atoms with Gasteiger partial charge in [-0.2, -0.15) is 0 Å². The molecular formula is C9H11O3S-. The molecule has 0 aliphatic heterocycles. The van der Waals surface area contributed by atoms with E-state index in [9.17, 15) is 5.11 Å². The molecule has 0 saturated heterocycles. The van der Waals surface area contributed by atoms with E-state index < -0.39 is 17.2 Å². The lowest BCUT2D eigenvalue weighted by atomic mass is 10.1.